The first-order chi connectivity index (χ1) is 11.0. The number of hydrogen-bond acceptors (Lipinski definition) is 2. The minimum atomic E-state index is -0.257. The molecule has 0 saturated heterocycles. The fourth-order valence-corrected chi connectivity index (χ4v) is 2.91. The van der Waals surface area contributed by atoms with Gasteiger partial charge in [0.15, 0.2) is 0 Å². The molecule has 1 fully saturated rings. The van der Waals surface area contributed by atoms with Crippen LogP contribution in [-0.2, 0) is 4.79 Å². The van der Waals surface area contributed by atoms with E-state index in [1.54, 1.807) is 30.3 Å². The quantitative estimate of drug-likeness (QED) is 0.892. The summed E-state index contributed by atoms with van der Waals surface area (Å²) < 4.78 is 19.0. The van der Waals surface area contributed by atoms with Gasteiger partial charge in [-0.25, -0.2) is 4.39 Å². The van der Waals surface area contributed by atoms with Gasteiger partial charge in [0, 0.05) is 17.0 Å². The number of rotatable bonds is 4. The molecule has 0 heterocycles. The normalized spacial score (nSPS) is 19.3. The summed E-state index contributed by atoms with van der Waals surface area (Å²) in [5, 5.41) is 3.44. The number of halogens is 2. The average molecular weight is 334 g/mol. The lowest BCUT2D eigenvalue weighted by molar-refractivity contribution is -0.117. The fourth-order valence-electron chi connectivity index (χ4n) is 2.76. The van der Waals surface area contributed by atoms with E-state index in [2.05, 4.69) is 5.32 Å². The van der Waals surface area contributed by atoms with E-state index >= 15 is 0 Å². The number of ether oxygens (including phenoxy) is 1. The van der Waals surface area contributed by atoms with Crippen molar-refractivity contribution in [3.05, 3.63) is 58.4 Å². The third-order valence-corrected chi connectivity index (χ3v) is 4.58. The van der Waals surface area contributed by atoms with Crippen molar-refractivity contribution >= 4 is 23.2 Å². The lowest BCUT2D eigenvalue weighted by Crippen LogP contribution is -2.15. The van der Waals surface area contributed by atoms with Gasteiger partial charge in [-0.3, -0.25) is 4.79 Å². The van der Waals surface area contributed by atoms with Crippen LogP contribution >= 0.6 is 11.6 Å². The highest BCUT2D eigenvalue weighted by molar-refractivity contribution is 6.31. The maximum atomic E-state index is 13.8. The van der Waals surface area contributed by atoms with Crippen LogP contribution < -0.4 is 10.1 Å². The smallest absolute Gasteiger partial charge is 0.228 e. The minimum absolute atomic E-state index is 0.0596. The summed E-state index contributed by atoms with van der Waals surface area (Å²) in [4.78, 5) is 12.4. The summed E-state index contributed by atoms with van der Waals surface area (Å²) in [5.41, 5.74) is 2.04. The van der Waals surface area contributed by atoms with E-state index in [-0.39, 0.29) is 23.6 Å². The van der Waals surface area contributed by atoms with Crippen molar-refractivity contribution in [1.29, 1.82) is 0 Å². The number of methoxy groups -OCH3 is 1. The Morgan fingerprint density at radius 1 is 1.35 bits per heavy atom. The molecule has 3 nitrogen and oxygen atoms in total. The van der Waals surface area contributed by atoms with Crippen LogP contribution in [0.25, 0.3) is 0 Å². The van der Waals surface area contributed by atoms with E-state index in [9.17, 15) is 9.18 Å². The second-order valence-electron chi connectivity index (χ2n) is 5.76. The third-order valence-electron chi connectivity index (χ3n) is 4.17. The molecule has 1 amide bonds. The standard InChI is InChI=1S/C18H17ClFNO2/c1-10-7-16(17(23-2)9-14(10)19)21-18(22)13-8-12(13)11-5-3-4-6-15(11)20/h3-7,9,12-13H,8H2,1-2H3,(H,21,22). The van der Waals surface area contributed by atoms with Gasteiger partial charge in [-0.2, -0.15) is 0 Å². The molecule has 0 bridgehead atoms. The molecule has 1 aliphatic carbocycles. The topological polar surface area (TPSA) is 38.3 Å². The lowest BCUT2D eigenvalue weighted by Gasteiger charge is -2.12. The predicted molar refractivity (Wildman–Crippen MR) is 88.6 cm³/mol. The lowest BCUT2D eigenvalue weighted by atomic mass is 10.1. The zero-order valence-corrected chi connectivity index (χ0v) is 13.7. The summed E-state index contributed by atoms with van der Waals surface area (Å²) in [6.45, 7) is 1.86. The Labute approximate surface area is 139 Å². The van der Waals surface area contributed by atoms with Gasteiger partial charge in [-0.1, -0.05) is 29.8 Å². The SMILES string of the molecule is COc1cc(Cl)c(C)cc1NC(=O)C1CC1c1ccccc1F. The van der Waals surface area contributed by atoms with E-state index < -0.39 is 0 Å². The highest BCUT2D eigenvalue weighted by Crippen LogP contribution is 2.49. The molecule has 1 N–H and O–H groups in total. The van der Waals surface area contributed by atoms with Gasteiger partial charge < -0.3 is 10.1 Å². The van der Waals surface area contributed by atoms with Crippen molar-refractivity contribution in [3.63, 3.8) is 0 Å². The number of hydrogen-bond donors (Lipinski definition) is 1. The molecule has 3 rings (SSSR count). The van der Waals surface area contributed by atoms with Crippen molar-refractivity contribution in [2.45, 2.75) is 19.3 Å². The average Bonchev–Trinajstić information content (AvgIpc) is 3.31. The van der Waals surface area contributed by atoms with Gasteiger partial charge in [0.25, 0.3) is 0 Å². The molecule has 2 unspecified atom stereocenters. The van der Waals surface area contributed by atoms with E-state index in [0.717, 1.165) is 5.56 Å². The molecular weight excluding hydrogens is 317 g/mol. The monoisotopic (exact) mass is 333 g/mol. The minimum Gasteiger partial charge on any atom is -0.495 e. The largest absolute Gasteiger partial charge is 0.495 e. The van der Waals surface area contributed by atoms with Crippen LogP contribution in [0, 0.1) is 18.7 Å². The van der Waals surface area contributed by atoms with Crippen molar-refractivity contribution < 1.29 is 13.9 Å². The molecule has 0 aliphatic heterocycles. The molecule has 2 atom stereocenters. The van der Waals surface area contributed by atoms with Crippen LogP contribution in [-0.4, -0.2) is 13.0 Å². The second kappa shape index (κ2) is 6.20. The second-order valence-corrected chi connectivity index (χ2v) is 6.17. The Morgan fingerprint density at radius 2 is 2.09 bits per heavy atom. The van der Waals surface area contributed by atoms with Crippen molar-refractivity contribution in [3.8, 4) is 5.75 Å². The Morgan fingerprint density at radius 3 is 2.78 bits per heavy atom. The van der Waals surface area contributed by atoms with Crippen molar-refractivity contribution in [2.75, 3.05) is 12.4 Å². The zero-order chi connectivity index (χ0) is 16.6. The van der Waals surface area contributed by atoms with Crippen LogP contribution in [0.1, 0.15) is 23.5 Å². The van der Waals surface area contributed by atoms with Crippen molar-refractivity contribution in [2.24, 2.45) is 5.92 Å². The fraction of sp³-hybridized carbons (Fsp3) is 0.278. The van der Waals surface area contributed by atoms with Crippen LogP contribution in [0.3, 0.4) is 0 Å². The van der Waals surface area contributed by atoms with Crippen molar-refractivity contribution in [1.82, 2.24) is 0 Å². The van der Waals surface area contributed by atoms with E-state index in [1.807, 2.05) is 6.92 Å². The number of benzene rings is 2. The number of anilines is 1. The summed E-state index contributed by atoms with van der Waals surface area (Å²) in [5.74, 6) is -0.147. The Hall–Kier alpha value is -2.07. The Bertz CT molecular complexity index is 763. The molecule has 5 heteroatoms. The highest BCUT2D eigenvalue weighted by atomic mass is 35.5. The number of carbonyl (C=O) groups is 1. The van der Waals surface area contributed by atoms with Crippen LogP contribution in [0.5, 0.6) is 5.75 Å². The van der Waals surface area contributed by atoms with E-state index in [0.29, 0.717) is 28.4 Å². The molecular formula is C18H17ClFNO2. The van der Waals surface area contributed by atoms with Gasteiger partial charge in [0.05, 0.1) is 12.8 Å². The number of carbonyl (C=O) groups excluding carboxylic acids is 1. The Balaban J connectivity index is 1.74. The van der Waals surface area contributed by atoms with E-state index in [1.165, 1.54) is 13.2 Å². The first-order valence-corrected chi connectivity index (χ1v) is 7.78. The molecule has 1 aliphatic rings. The van der Waals surface area contributed by atoms with Crippen LogP contribution in [0.4, 0.5) is 10.1 Å². The zero-order valence-electron chi connectivity index (χ0n) is 12.9. The maximum Gasteiger partial charge on any atom is 0.228 e. The van der Waals surface area contributed by atoms with Gasteiger partial charge >= 0.3 is 0 Å². The first kappa shape index (κ1) is 15.8. The number of amides is 1. The molecule has 2 aromatic carbocycles. The summed E-state index contributed by atoms with van der Waals surface area (Å²) in [7, 11) is 1.52. The molecule has 120 valence electrons. The van der Waals surface area contributed by atoms with E-state index in [4.69, 9.17) is 16.3 Å². The third kappa shape index (κ3) is 3.17. The van der Waals surface area contributed by atoms with Gasteiger partial charge in [0.1, 0.15) is 11.6 Å². The molecule has 0 spiro atoms. The van der Waals surface area contributed by atoms with Gasteiger partial charge in [-0.15, -0.1) is 0 Å². The highest BCUT2D eigenvalue weighted by Gasteiger charge is 2.45. The maximum absolute atomic E-state index is 13.8. The molecule has 23 heavy (non-hydrogen) atoms. The summed E-state index contributed by atoms with van der Waals surface area (Å²) >= 11 is 6.06. The molecule has 1 saturated carbocycles. The van der Waals surface area contributed by atoms with Crippen LogP contribution in [0.2, 0.25) is 5.02 Å². The predicted octanol–water partition coefficient (Wildman–Crippen LogP) is 4.54. The summed E-state index contributed by atoms with van der Waals surface area (Å²) in [6, 6.07) is 10.1. The summed E-state index contributed by atoms with van der Waals surface area (Å²) in [6.07, 6.45) is 0.654. The number of aryl methyl sites for hydroxylation is 1. The molecule has 0 radical (unpaired) electrons. The molecule has 0 aromatic heterocycles. The van der Waals surface area contributed by atoms with Gasteiger partial charge in [-0.05, 0) is 42.5 Å². The Kier molecular flexibility index (Phi) is 4.26. The first-order valence-electron chi connectivity index (χ1n) is 7.40. The van der Waals surface area contributed by atoms with Crippen LogP contribution in [0.15, 0.2) is 36.4 Å². The molecule has 2 aromatic rings. The van der Waals surface area contributed by atoms with Gasteiger partial charge in [0.2, 0.25) is 5.91 Å². The number of nitrogens with one attached hydrogen (secondary N) is 1.